The van der Waals surface area contributed by atoms with E-state index in [0.29, 0.717) is 12.5 Å². The molecule has 5 nitrogen and oxygen atoms in total. The molecule has 0 aromatic rings. The molecule has 19 heavy (non-hydrogen) atoms. The molecule has 2 aliphatic heterocycles. The van der Waals surface area contributed by atoms with Gasteiger partial charge >= 0.3 is 0 Å². The van der Waals surface area contributed by atoms with Crippen LogP contribution in [-0.4, -0.2) is 48.7 Å². The van der Waals surface area contributed by atoms with Crippen molar-refractivity contribution in [2.75, 3.05) is 19.8 Å². The van der Waals surface area contributed by atoms with Gasteiger partial charge in [0, 0.05) is 19.3 Å². The molecule has 0 aliphatic carbocycles. The fourth-order valence-electron chi connectivity index (χ4n) is 2.67. The Hall–Kier alpha value is -1.56. The molecular weight excluding hydrogens is 242 g/mol. The van der Waals surface area contributed by atoms with E-state index in [0.717, 1.165) is 32.5 Å². The average Bonchev–Trinajstić information content (AvgIpc) is 2.89. The van der Waals surface area contributed by atoms with Crippen molar-refractivity contribution < 1.29 is 9.53 Å². The van der Waals surface area contributed by atoms with Crippen LogP contribution in [0.4, 0.5) is 0 Å². The highest BCUT2D eigenvalue weighted by Crippen LogP contribution is 2.23. The number of hydrogen-bond donors (Lipinski definition) is 1. The maximum absolute atomic E-state index is 12.2. The molecule has 0 aromatic carbocycles. The van der Waals surface area contributed by atoms with E-state index >= 15 is 0 Å². The molecule has 5 heteroatoms. The van der Waals surface area contributed by atoms with Crippen LogP contribution in [0.2, 0.25) is 0 Å². The molecule has 2 heterocycles. The van der Waals surface area contributed by atoms with E-state index in [4.69, 9.17) is 16.4 Å². The summed E-state index contributed by atoms with van der Waals surface area (Å²) in [6.07, 6.45) is 8.67. The lowest BCUT2D eigenvalue weighted by atomic mass is 10.1. The summed E-state index contributed by atoms with van der Waals surface area (Å²) in [4.78, 5) is 13.8. The first kappa shape index (κ1) is 13.9. The van der Waals surface area contributed by atoms with Gasteiger partial charge in [-0.25, -0.2) is 0 Å². The van der Waals surface area contributed by atoms with Gasteiger partial charge in [-0.05, 0) is 25.7 Å². The predicted octanol–water partition coefficient (Wildman–Crippen LogP) is 0.271. The highest BCUT2D eigenvalue weighted by molar-refractivity contribution is 5.80. The van der Waals surface area contributed by atoms with Crippen molar-refractivity contribution in [2.45, 2.75) is 43.8 Å². The zero-order chi connectivity index (χ0) is 13.7. The summed E-state index contributed by atoms with van der Waals surface area (Å²) in [6, 6.07) is 1.88. The molecule has 1 amide bonds. The quantitative estimate of drug-likeness (QED) is 0.741. The minimum absolute atomic E-state index is 0.0708. The van der Waals surface area contributed by atoms with Gasteiger partial charge < -0.3 is 15.0 Å². The number of ether oxygens (including phenoxy) is 1. The van der Waals surface area contributed by atoms with Crippen molar-refractivity contribution in [3.8, 4) is 18.4 Å². The third kappa shape index (κ3) is 3.26. The standard InChI is InChI=1S/C14H19N3O2/c1-2-12-3-4-13(9-15)17(12)14(18)10-16-11-5-7-19-8-6-11/h1,11-13,16H,3-8,10H2/t12-,13+/m1/s1. The van der Waals surface area contributed by atoms with E-state index in [1.165, 1.54) is 0 Å². The van der Waals surface area contributed by atoms with Gasteiger partial charge in [-0.1, -0.05) is 5.92 Å². The van der Waals surface area contributed by atoms with Crippen molar-refractivity contribution >= 4 is 5.91 Å². The Morgan fingerprint density at radius 2 is 2.00 bits per heavy atom. The molecule has 0 spiro atoms. The smallest absolute Gasteiger partial charge is 0.238 e. The van der Waals surface area contributed by atoms with Crippen molar-refractivity contribution in [2.24, 2.45) is 0 Å². The summed E-state index contributed by atoms with van der Waals surface area (Å²) in [6.45, 7) is 1.73. The largest absolute Gasteiger partial charge is 0.381 e. The zero-order valence-electron chi connectivity index (χ0n) is 11.0. The number of hydrogen-bond acceptors (Lipinski definition) is 4. The minimum Gasteiger partial charge on any atom is -0.381 e. The predicted molar refractivity (Wildman–Crippen MR) is 69.9 cm³/mol. The SMILES string of the molecule is C#C[C@@H]1CC[C@@H](C#N)N1C(=O)CNC1CCOCC1. The fraction of sp³-hybridized carbons (Fsp3) is 0.714. The van der Waals surface area contributed by atoms with Crippen LogP contribution in [0.1, 0.15) is 25.7 Å². The highest BCUT2D eigenvalue weighted by atomic mass is 16.5. The molecule has 0 radical (unpaired) electrons. The molecule has 2 rings (SSSR count). The minimum atomic E-state index is -0.370. The molecule has 1 N–H and O–H groups in total. The maximum atomic E-state index is 12.2. The van der Waals surface area contributed by atoms with Gasteiger partial charge in [0.05, 0.1) is 18.7 Å². The molecule has 0 saturated carbocycles. The van der Waals surface area contributed by atoms with E-state index in [-0.39, 0.29) is 24.5 Å². The monoisotopic (exact) mass is 261 g/mol. The first-order valence-electron chi connectivity index (χ1n) is 6.74. The van der Waals surface area contributed by atoms with E-state index in [1.54, 1.807) is 4.90 Å². The first-order chi connectivity index (χ1) is 9.26. The first-order valence-corrected chi connectivity index (χ1v) is 6.74. The van der Waals surface area contributed by atoms with Crippen molar-refractivity contribution in [3.05, 3.63) is 0 Å². The van der Waals surface area contributed by atoms with Crippen LogP contribution in [0.5, 0.6) is 0 Å². The van der Waals surface area contributed by atoms with Gasteiger partial charge in [0.15, 0.2) is 0 Å². The topological polar surface area (TPSA) is 65.4 Å². The molecule has 0 bridgehead atoms. The molecule has 102 valence electrons. The summed E-state index contributed by atoms with van der Waals surface area (Å²) in [5.74, 6) is 2.53. The number of amides is 1. The van der Waals surface area contributed by atoms with Crippen molar-refractivity contribution in [3.63, 3.8) is 0 Å². The Morgan fingerprint density at radius 1 is 1.32 bits per heavy atom. The van der Waals surface area contributed by atoms with Gasteiger partial charge in [0.2, 0.25) is 5.91 Å². The Bertz CT molecular complexity index is 382. The molecule has 2 atom stereocenters. The third-order valence-corrected chi connectivity index (χ3v) is 3.78. The number of terminal acetylenes is 1. The Labute approximate surface area is 113 Å². The van der Waals surface area contributed by atoms with E-state index in [1.807, 2.05) is 0 Å². The zero-order valence-corrected chi connectivity index (χ0v) is 11.0. The van der Waals surface area contributed by atoms with Gasteiger partial charge in [0.25, 0.3) is 0 Å². The second-order valence-electron chi connectivity index (χ2n) is 4.97. The van der Waals surface area contributed by atoms with E-state index < -0.39 is 0 Å². The number of carbonyl (C=O) groups excluding carboxylic acids is 1. The highest BCUT2D eigenvalue weighted by Gasteiger charge is 2.35. The van der Waals surface area contributed by atoms with Crippen LogP contribution in [-0.2, 0) is 9.53 Å². The van der Waals surface area contributed by atoms with E-state index in [9.17, 15) is 4.79 Å². The van der Waals surface area contributed by atoms with Gasteiger partial charge in [-0.3, -0.25) is 4.79 Å². The number of nitriles is 1. The average molecular weight is 261 g/mol. The molecule has 0 unspecified atom stereocenters. The van der Waals surface area contributed by atoms with Crippen LogP contribution in [0.3, 0.4) is 0 Å². The van der Waals surface area contributed by atoms with Crippen molar-refractivity contribution in [1.29, 1.82) is 5.26 Å². The van der Waals surface area contributed by atoms with Gasteiger partial charge in [0.1, 0.15) is 6.04 Å². The van der Waals surface area contributed by atoms with E-state index in [2.05, 4.69) is 17.3 Å². The van der Waals surface area contributed by atoms with Gasteiger partial charge in [-0.2, -0.15) is 5.26 Å². The lowest BCUT2D eigenvalue weighted by Crippen LogP contribution is -2.47. The van der Waals surface area contributed by atoms with Crippen LogP contribution in [0.15, 0.2) is 0 Å². The molecular formula is C14H19N3O2. The molecule has 2 saturated heterocycles. The summed E-state index contributed by atoms with van der Waals surface area (Å²) < 4.78 is 5.27. The molecule has 2 fully saturated rings. The van der Waals surface area contributed by atoms with Gasteiger partial charge in [-0.15, -0.1) is 6.42 Å². The Morgan fingerprint density at radius 3 is 2.63 bits per heavy atom. The van der Waals surface area contributed by atoms with Crippen LogP contribution >= 0.6 is 0 Å². The number of carbonyl (C=O) groups is 1. The molecule has 0 aromatic heterocycles. The number of likely N-dealkylation sites (tertiary alicyclic amines) is 1. The summed E-state index contributed by atoms with van der Waals surface area (Å²) in [5, 5.41) is 12.3. The van der Waals surface area contributed by atoms with Crippen molar-refractivity contribution in [1.82, 2.24) is 10.2 Å². The van der Waals surface area contributed by atoms with Crippen LogP contribution < -0.4 is 5.32 Å². The maximum Gasteiger partial charge on any atom is 0.238 e. The Kier molecular flexibility index (Phi) is 4.79. The Balaban J connectivity index is 1.87. The lowest BCUT2D eigenvalue weighted by Gasteiger charge is -2.27. The summed E-state index contributed by atoms with van der Waals surface area (Å²) in [7, 11) is 0. The second-order valence-corrected chi connectivity index (χ2v) is 4.97. The number of nitrogens with one attached hydrogen (secondary N) is 1. The summed E-state index contributed by atoms with van der Waals surface area (Å²) in [5.41, 5.74) is 0. The normalized spacial score (nSPS) is 27.8. The number of nitrogens with zero attached hydrogens (tertiary/aromatic N) is 2. The second kappa shape index (κ2) is 6.56. The summed E-state index contributed by atoms with van der Waals surface area (Å²) >= 11 is 0. The van der Waals surface area contributed by atoms with Crippen LogP contribution in [0.25, 0.3) is 0 Å². The lowest BCUT2D eigenvalue weighted by molar-refractivity contribution is -0.131. The molecule has 2 aliphatic rings. The fourth-order valence-corrected chi connectivity index (χ4v) is 2.67. The van der Waals surface area contributed by atoms with Crippen LogP contribution in [0, 0.1) is 23.7 Å². The third-order valence-electron chi connectivity index (χ3n) is 3.78. The number of rotatable bonds is 3.